The molecule has 0 atom stereocenters. The van der Waals surface area contributed by atoms with Gasteiger partial charge in [0.25, 0.3) is 0 Å². The molecule has 0 saturated heterocycles. The predicted molar refractivity (Wildman–Crippen MR) is 98.5 cm³/mol. The fourth-order valence-corrected chi connectivity index (χ4v) is 3.22. The molecule has 118 valence electrons. The quantitative estimate of drug-likeness (QED) is 0.524. The number of para-hydroxylation sites is 1. The van der Waals surface area contributed by atoms with Gasteiger partial charge in [0.2, 0.25) is 0 Å². The number of rotatable bonds is 2. The number of carbonyl (C=O) groups is 1. The molecule has 3 heteroatoms. The zero-order chi connectivity index (χ0) is 16.5. The van der Waals surface area contributed by atoms with Gasteiger partial charge in [-0.3, -0.25) is 0 Å². The molecule has 2 N–H and O–H groups in total. The molecule has 1 aliphatic carbocycles. The normalized spacial score (nSPS) is 11.5. The Morgan fingerprint density at radius 1 is 0.833 bits per heavy atom. The summed E-state index contributed by atoms with van der Waals surface area (Å²) < 4.78 is 0. The Morgan fingerprint density at radius 2 is 1.58 bits per heavy atom. The molecule has 0 spiro atoms. The monoisotopic (exact) mass is 314 g/mol. The van der Waals surface area contributed by atoms with Crippen LogP contribution in [0.3, 0.4) is 0 Å². The first-order valence-corrected chi connectivity index (χ1v) is 8.05. The maximum absolute atomic E-state index is 12.2. The zero-order valence-electron chi connectivity index (χ0n) is 13.5. The SMILES string of the molecule is Cc1ccccc1NC(=O)Nc1ccc2c(c1)Cc1ccccc1-2. The molecular weight excluding hydrogens is 296 g/mol. The maximum atomic E-state index is 12.2. The van der Waals surface area contributed by atoms with Gasteiger partial charge in [-0.15, -0.1) is 0 Å². The van der Waals surface area contributed by atoms with Gasteiger partial charge in [-0.05, 0) is 59.4 Å². The second kappa shape index (κ2) is 5.85. The van der Waals surface area contributed by atoms with Crippen LogP contribution in [0.1, 0.15) is 16.7 Å². The largest absolute Gasteiger partial charge is 0.323 e. The Balaban J connectivity index is 1.52. The zero-order valence-corrected chi connectivity index (χ0v) is 13.5. The van der Waals surface area contributed by atoms with Gasteiger partial charge < -0.3 is 10.6 Å². The van der Waals surface area contributed by atoms with Gasteiger partial charge in [-0.25, -0.2) is 4.79 Å². The number of benzene rings is 3. The Kier molecular flexibility index (Phi) is 3.54. The highest BCUT2D eigenvalue weighted by Gasteiger charge is 2.18. The first-order chi connectivity index (χ1) is 11.7. The molecule has 0 unspecified atom stereocenters. The van der Waals surface area contributed by atoms with Gasteiger partial charge in [0, 0.05) is 11.4 Å². The Labute approximate surface area is 141 Å². The smallest absolute Gasteiger partial charge is 0.308 e. The van der Waals surface area contributed by atoms with E-state index >= 15 is 0 Å². The molecule has 3 aromatic rings. The highest BCUT2D eigenvalue weighted by atomic mass is 16.2. The molecule has 3 nitrogen and oxygen atoms in total. The third kappa shape index (κ3) is 2.65. The molecule has 0 saturated carbocycles. The maximum Gasteiger partial charge on any atom is 0.323 e. The lowest BCUT2D eigenvalue weighted by molar-refractivity contribution is 0.262. The Morgan fingerprint density at radius 3 is 2.46 bits per heavy atom. The molecular formula is C21H18N2O. The van der Waals surface area contributed by atoms with Crippen LogP contribution in [0.25, 0.3) is 11.1 Å². The van der Waals surface area contributed by atoms with Crippen LogP contribution in [0.2, 0.25) is 0 Å². The van der Waals surface area contributed by atoms with Crippen LogP contribution in [0.4, 0.5) is 16.2 Å². The van der Waals surface area contributed by atoms with Gasteiger partial charge in [0.15, 0.2) is 0 Å². The summed E-state index contributed by atoms with van der Waals surface area (Å²) in [6, 6.07) is 22.1. The second-order valence-electron chi connectivity index (χ2n) is 6.10. The predicted octanol–water partition coefficient (Wildman–Crippen LogP) is 5.21. The summed E-state index contributed by atoms with van der Waals surface area (Å²) in [5.74, 6) is 0. The minimum atomic E-state index is -0.222. The van der Waals surface area contributed by atoms with Gasteiger partial charge in [0.05, 0.1) is 0 Å². The molecule has 3 aromatic carbocycles. The lowest BCUT2D eigenvalue weighted by Crippen LogP contribution is -2.20. The molecule has 0 bridgehead atoms. The van der Waals surface area contributed by atoms with Gasteiger partial charge >= 0.3 is 6.03 Å². The minimum absolute atomic E-state index is 0.222. The lowest BCUT2D eigenvalue weighted by Gasteiger charge is -2.11. The summed E-state index contributed by atoms with van der Waals surface area (Å²) in [5, 5.41) is 5.82. The number of nitrogens with one attached hydrogen (secondary N) is 2. The van der Waals surface area contributed by atoms with Crippen molar-refractivity contribution < 1.29 is 4.79 Å². The summed E-state index contributed by atoms with van der Waals surface area (Å²) in [4.78, 5) is 12.2. The molecule has 0 radical (unpaired) electrons. The molecule has 0 aromatic heterocycles. The van der Waals surface area contributed by atoms with Crippen molar-refractivity contribution in [2.75, 3.05) is 10.6 Å². The first kappa shape index (κ1) is 14.5. The Hall–Kier alpha value is -3.07. The van der Waals surface area contributed by atoms with E-state index in [1.807, 2.05) is 37.3 Å². The van der Waals surface area contributed by atoms with Crippen molar-refractivity contribution in [2.45, 2.75) is 13.3 Å². The van der Waals surface area contributed by atoms with Crippen LogP contribution in [0, 0.1) is 6.92 Å². The molecule has 0 aliphatic heterocycles. The van der Waals surface area contributed by atoms with E-state index in [9.17, 15) is 4.79 Å². The topological polar surface area (TPSA) is 41.1 Å². The number of aryl methyl sites for hydroxylation is 1. The number of fused-ring (bicyclic) bond motifs is 3. The molecule has 2 amide bonds. The number of hydrogen-bond donors (Lipinski definition) is 2. The summed E-state index contributed by atoms with van der Waals surface area (Å²) in [5.41, 5.74) is 7.83. The van der Waals surface area contributed by atoms with Crippen LogP contribution < -0.4 is 10.6 Å². The van der Waals surface area contributed by atoms with Crippen molar-refractivity contribution in [3.05, 3.63) is 83.4 Å². The third-order valence-electron chi connectivity index (χ3n) is 4.44. The van der Waals surface area contributed by atoms with Crippen molar-refractivity contribution in [1.82, 2.24) is 0 Å². The molecule has 4 rings (SSSR count). The summed E-state index contributed by atoms with van der Waals surface area (Å²) >= 11 is 0. The minimum Gasteiger partial charge on any atom is -0.308 e. The molecule has 0 heterocycles. The number of anilines is 2. The number of amides is 2. The highest BCUT2D eigenvalue weighted by molar-refractivity contribution is 6.00. The summed E-state index contributed by atoms with van der Waals surface area (Å²) in [6.45, 7) is 1.97. The van der Waals surface area contributed by atoms with E-state index in [2.05, 4.69) is 47.0 Å². The average molecular weight is 314 g/mol. The van der Waals surface area contributed by atoms with E-state index in [1.54, 1.807) is 0 Å². The highest BCUT2D eigenvalue weighted by Crippen LogP contribution is 2.37. The van der Waals surface area contributed by atoms with E-state index in [4.69, 9.17) is 0 Å². The standard InChI is InChI=1S/C21H18N2O/c1-14-6-2-5-9-20(14)23-21(24)22-17-10-11-19-16(13-17)12-15-7-3-4-8-18(15)19/h2-11,13H,12H2,1H3,(H2,22,23,24). The number of hydrogen-bond acceptors (Lipinski definition) is 1. The van der Waals surface area contributed by atoms with Crippen LogP contribution >= 0.6 is 0 Å². The van der Waals surface area contributed by atoms with E-state index in [0.717, 1.165) is 23.4 Å². The average Bonchev–Trinajstić information content (AvgIpc) is 2.94. The summed E-state index contributed by atoms with van der Waals surface area (Å²) in [6.07, 6.45) is 0.917. The van der Waals surface area contributed by atoms with Crippen molar-refractivity contribution >= 4 is 17.4 Å². The van der Waals surface area contributed by atoms with E-state index in [1.165, 1.54) is 22.3 Å². The second-order valence-corrected chi connectivity index (χ2v) is 6.10. The van der Waals surface area contributed by atoms with Crippen LogP contribution in [-0.2, 0) is 6.42 Å². The fraction of sp³-hybridized carbons (Fsp3) is 0.0952. The first-order valence-electron chi connectivity index (χ1n) is 8.05. The third-order valence-corrected chi connectivity index (χ3v) is 4.44. The van der Waals surface area contributed by atoms with Crippen molar-refractivity contribution in [3.8, 4) is 11.1 Å². The molecule has 1 aliphatic rings. The van der Waals surface area contributed by atoms with Crippen LogP contribution in [0.15, 0.2) is 66.7 Å². The van der Waals surface area contributed by atoms with Gasteiger partial charge in [-0.1, -0.05) is 48.5 Å². The van der Waals surface area contributed by atoms with Crippen LogP contribution in [0.5, 0.6) is 0 Å². The molecule has 24 heavy (non-hydrogen) atoms. The van der Waals surface area contributed by atoms with Crippen molar-refractivity contribution in [1.29, 1.82) is 0 Å². The fourth-order valence-electron chi connectivity index (χ4n) is 3.22. The number of urea groups is 1. The summed E-state index contributed by atoms with van der Waals surface area (Å²) in [7, 11) is 0. The van der Waals surface area contributed by atoms with Gasteiger partial charge in [-0.2, -0.15) is 0 Å². The molecule has 0 fully saturated rings. The number of carbonyl (C=O) groups excluding carboxylic acids is 1. The lowest BCUT2D eigenvalue weighted by atomic mass is 10.1. The van der Waals surface area contributed by atoms with Crippen molar-refractivity contribution in [3.63, 3.8) is 0 Å². The van der Waals surface area contributed by atoms with Crippen LogP contribution in [-0.4, -0.2) is 6.03 Å². The van der Waals surface area contributed by atoms with E-state index in [-0.39, 0.29) is 6.03 Å². The Bertz CT molecular complexity index is 931. The van der Waals surface area contributed by atoms with E-state index < -0.39 is 0 Å². The van der Waals surface area contributed by atoms with Crippen molar-refractivity contribution in [2.24, 2.45) is 0 Å². The van der Waals surface area contributed by atoms with E-state index in [0.29, 0.717) is 0 Å². The van der Waals surface area contributed by atoms with Gasteiger partial charge in [0.1, 0.15) is 0 Å².